The van der Waals surface area contributed by atoms with Crippen LogP contribution in [0, 0.1) is 5.82 Å². The Labute approximate surface area is 94.7 Å². The lowest BCUT2D eigenvalue weighted by Crippen LogP contribution is -1.90. The lowest BCUT2D eigenvalue weighted by molar-refractivity contribution is 0.632. The summed E-state index contributed by atoms with van der Waals surface area (Å²) < 4.78 is 13.0. The van der Waals surface area contributed by atoms with Gasteiger partial charge in [0.1, 0.15) is 5.82 Å². The first-order valence-corrected chi connectivity index (χ1v) is 5.35. The zero-order valence-electron chi connectivity index (χ0n) is 9.20. The third-order valence-electron chi connectivity index (χ3n) is 2.69. The monoisotopic (exact) mass is 215 g/mol. The Hall–Kier alpha value is -1.83. The van der Waals surface area contributed by atoms with Crippen LogP contribution >= 0.6 is 0 Å². The fourth-order valence-electron chi connectivity index (χ4n) is 1.66. The normalized spacial score (nSPS) is 10.4. The van der Waals surface area contributed by atoms with Crippen molar-refractivity contribution < 1.29 is 4.39 Å². The largest absolute Gasteiger partial charge is 0.396 e. The van der Waals surface area contributed by atoms with E-state index in [1.807, 2.05) is 12.1 Å². The summed E-state index contributed by atoms with van der Waals surface area (Å²) in [6, 6.07) is 13.0. The molecule has 0 heterocycles. The van der Waals surface area contributed by atoms with E-state index < -0.39 is 0 Å². The van der Waals surface area contributed by atoms with Gasteiger partial charge in [0.05, 0.1) is 5.69 Å². The fourth-order valence-corrected chi connectivity index (χ4v) is 1.66. The molecule has 0 fully saturated rings. The Morgan fingerprint density at radius 3 is 2.19 bits per heavy atom. The van der Waals surface area contributed by atoms with Gasteiger partial charge < -0.3 is 5.73 Å². The average molecular weight is 215 g/mol. The van der Waals surface area contributed by atoms with Gasteiger partial charge in [-0.25, -0.2) is 4.39 Å². The molecule has 0 bridgehead atoms. The Balaban J connectivity index is 2.38. The molecule has 0 radical (unpaired) electrons. The summed E-state index contributed by atoms with van der Waals surface area (Å²) in [5.74, 6) is -0.367. The second kappa shape index (κ2) is 4.35. The summed E-state index contributed by atoms with van der Waals surface area (Å²) in [7, 11) is 0. The maximum Gasteiger partial charge on any atom is 0.146 e. The zero-order valence-corrected chi connectivity index (χ0v) is 9.20. The molecule has 0 saturated heterocycles. The first-order chi connectivity index (χ1) is 7.70. The van der Waals surface area contributed by atoms with Crippen molar-refractivity contribution in [3.8, 4) is 11.1 Å². The second-order valence-electron chi connectivity index (χ2n) is 3.79. The Kier molecular flexibility index (Phi) is 2.91. The molecule has 0 aliphatic heterocycles. The van der Waals surface area contributed by atoms with Crippen molar-refractivity contribution in [2.45, 2.75) is 13.3 Å². The van der Waals surface area contributed by atoms with Crippen LogP contribution in [-0.2, 0) is 6.42 Å². The van der Waals surface area contributed by atoms with Gasteiger partial charge in [0, 0.05) is 0 Å². The molecule has 2 aromatic rings. The number of benzene rings is 2. The fraction of sp³-hybridized carbons (Fsp3) is 0.143. The topological polar surface area (TPSA) is 26.0 Å². The van der Waals surface area contributed by atoms with E-state index in [1.165, 1.54) is 11.6 Å². The predicted molar refractivity (Wildman–Crippen MR) is 65.6 cm³/mol. The van der Waals surface area contributed by atoms with E-state index in [0.717, 1.165) is 17.5 Å². The first kappa shape index (κ1) is 10.7. The van der Waals surface area contributed by atoms with Gasteiger partial charge in [-0.15, -0.1) is 0 Å². The molecule has 0 saturated carbocycles. The standard InChI is InChI=1S/C14H14FN/c1-2-10-3-5-11(6-4-10)12-7-8-13(15)14(16)9-12/h3-9H,2,16H2,1H3. The molecule has 2 aromatic carbocycles. The van der Waals surface area contributed by atoms with Crippen LogP contribution in [0.25, 0.3) is 11.1 Å². The van der Waals surface area contributed by atoms with Crippen LogP contribution in [0.4, 0.5) is 10.1 Å². The second-order valence-corrected chi connectivity index (χ2v) is 3.79. The maximum atomic E-state index is 13.0. The molecule has 0 amide bonds. The predicted octanol–water partition coefficient (Wildman–Crippen LogP) is 3.64. The number of halogens is 1. The van der Waals surface area contributed by atoms with Crippen LogP contribution in [0.3, 0.4) is 0 Å². The maximum absolute atomic E-state index is 13.0. The zero-order chi connectivity index (χ0) is 11.5. The van der Waals surface area contributed by atoms with Crippen molar-refractivity contribution in [1.82, 2.24) is 0 Å². The van der Waals surface area contributed by atoms with E-state index in [2.05, 4.69) is 19.1 Å². The van der Waals surface area contributed by atoms with Crippen molar-refractivity contribution >= 4 is 5.69 Å². The van der Waals surface area contributed by atoms with Gasteiger partial charge in [0.15, 0.2) is 0 Å². The molecular weight excluding hydrogens is 201 g/mol. The van der Waals surface area contributed by atoms with E-state index in [4.69, 9.17) is 5.73 Å². The van der Waals surface area contributed by atoms with Gasteiger partial charge in [-0.05, 0) is 35.2 Å². The van der Waals surface area contributed by atoms with E-state index in [-0.39, 0.29) is 11.5 Å². The molecule has 2 rings (SSSR count). The number of hydrogen-bond acceptors (Lipinski definition) is 1. The summed E-state index contributed by atoms with van der Waals surface area (Å²) >= 11 is 0. The highest BCUT2D eigenvalue weighted by Crippen LogP contribution is 2.23. The minimum absolute atomic E-state index is 0.192. The van der Waals surface area contributed by atoms with Crippen molar-refractivity contribution in [2.75, 3.05) is 5.73 Å². The van der Waals surface area contributed by atoms with E-state index >= 15 is 0 Å². The van der Waals surface area contributed by atoms with Crippen molar-refractivity contribution in [3.63, 3.8) is 0 Å². The minimum Gasteiger partial charge on any atom is -0.396 e. The third-order valence-corrected chi connectivity index (χ3v) is 2.69. The van der Waals surface area contributed by atoms with Crippen molar-refractivity contribution in [3.05, 3.63) is 53.8 Å². The van der Waals surface area contributed by atoms with Gasteiger partial charge in [0.2, 0.25) is 0 Å². The number of anilines is 1. The number of nitrogens with two attached hydrogens (primary N) is 1. The van der Waals surface area contributed by atoms with Crippen LogP contribution < -0.4 is 5.73 Å². The molecule has 82 valence electrons. The third kappa shape index (κ3) is 2.06. The first-order valence-electron chi connectivity index (χ1n) is 5.35. The molecule has 0 aromatic heterocycles. The molecule has 0 aliphatic rings. The summed E-state index contributed by atoms with van der Waals surface area (Å²) in [4.78, 5) is 0. The summed E-state index contributed by atoms with van der Waals surface area (Å²) in [5.41, 5.74) is 9.03. The minimum atomic E-state index is -0.367. The lowest BCUT2D eigenvalue weighted by Gasteiger charge is -2.04. The quantitative estimate of drug-likeness (QED) is 0.760. The highest BCUT2D eigenvalue weighted by atomic mass is 19.1. The summed E-state index contributed by atoms with van der Waals surface area (Å²) in [6.07, 6.45) is 1.02. The Morgan fingerprint density at radius 2 is 1.62 bits per heavy atom. The van der Waals surface area contributed by atoms with Gasteiger partial charge in [0.25, 0.3) is 0 Å². The van der Waals surface area contributed by atoms with Gasteiger partial charge in [-0.3, -0.25) is 0 Å². The number of nitrogen functional groups attached to an aromatic ring is 1. The highest BCUT2D eigenvalue weighted by Gasteiger charge is 2.01. The van der Waals surface area contributed by atoms with Gasteiger partial charge in [-0.1, -0.05) is 37.3 Å². The van der Waals surface area contributed by atoms with Crippen LogP contribution in [0.2, 0.25) is 0 Å². The molecule has 16 heavy (non-hydrogen) atoms. The average Bonchev–Trinajstić information content (AvgIpc) is 2.33. The number of aryl methyl sites for hydroxylation is 1. The molecule has 0 atom stereocenters. The molecule has 0 spiro atoms. The molecule has 0 unspecified atom stereocenters. The van der Waals surface area contributed by atoms with Crippen molar-refractivity contribution in [2.24, 2.45) is 0 Å². The number of hydrogen-bond donors (Lipinski definition) is 1. The smallest absolute Gasteiger partial charge is 0.146 e. The SMILES string of the molecule is CCc1ccc(-c2ccc(F)c(N)c2)cc1. The van der Waals surface area contributed by atoms with Crippen LogP contribution in [0.15, 0.2) is 42.5 Å². The van der Waals surface area contributed by atoms with Crippen LogP contribution in [0.1, 0.15) is 12.5 Å². The van der Waals surface area contributed by atoms with Crippen LogP contribution in [-0.4, -0.2) is 0 Å². The molecule has 0 aliphatic carbocycles. The molecule has 2 N–H and O–H groups in total. The van der Waals surface area contributed by atoms with Gasteiger partial charge >= 0.3 is 0 Å². The lowest BCUT2D eigenvalue weighted by atomic mass is 10.0. The van der Waals surface area contributed by atoms with E-state index in [0.29, 0.717) is 0 Å². The molecular formula is C14H14FN. The highest BCUT2D eigenvalue weighted by molar-refractivity contribution is 5.67. The summed E-state index contributed by atoms with van der Waals surface area (Å²) in [6.45, 7) is 2.12. The molecule has 1 nitrogen and oxygen atoms in total. The number of rotatable bonds is 2. The van der Waals surface area contributed by atoms with Crippen molar-refractivity contribution in [1.29, 1.82) is 0 Å². The Bertz CT molecular complexity index is 489. The van der Waals surface area contributed by atoms with Gasteiger partial charge in [-0.2, -0.15) is 0 Å². The van der Waals surface area contributed by atoms with E-state index in [9.17, 15) is 4.39 Å². The Morgan fingerprint density at radius 1 is 1.00 bits per heavy atom. The summed E-state index contributed by atoms with van der Waals surface area (Å²) in [5, 5.41) is 0. The van der Waals surface area contributed by atoms with Crippen LogP contribution in [0.5, 0.6) is 0 Å². The molecule has 2 heteroatoms. The van der Waals surface area contributed by atoms with E-state index in [1.54, 1.807) is 12.1 Å².